The summed E-state index contributed by atoms with van der Waals surface area (Å²) in [4.78, 5) is 39.1. The first-order valence-electron chi connectivity index (χ1n) is 10.4. The van der Waals surface area contributed by atoms with E-state index in [0.29, 0.717) is 29.5 Å². The fourth-order valence-corrected chi connectivity index (χ4v) is 3.71. The van der Waals surface area contributed by atoms with Crippen molar-refractivity contribution in [2.75, 3.05) is 25.3 Å². The topological polar surface area (TPSA) is 106 Å². The van der Waals surface area contributed by atoms with Crippen LogP contribution in [0.2, 0.25) is 0 Å². The molecular weight excluding hydrogens is 414 g/mol. The van der Waals surface area contributed by atoms with Crippen LogP contribution in [0.4, 0.5) is 10.5 Å². The Morgan fingerprint density at radius 3 is 2.78 bits per heavy atom. The number of carbonyl (C=O) groups is 3. The number of hydrogen-bond acceptors (Lipinski definition) is 6. The highest BCUT2D eigenvalue weighted by Crippen LogP contribution is 2.34. The van der Waals surface area contributed by atoms with Crippen LogP contribution < -0.4 is 24.8 Å². The Hall–Kier alpha value is -3.75. The number of hydrogen-bond donors (Lipinski definition) is 2. The van der Waals surface area contributed by atoms with Crippen molar-refractivity contribution in [1.29, 1.82) is 0 Å². The first kappa shape index (κ1) is 21.5. The molecule has 1 fully saturated rings. The van der Waals surface area contributed by atoms with E-state index >= 15 is 0 Å². The highest BCUT2D eigenvalue weighted by Gasteiger charge is 2.48. The fourth-order valence-electron chi connectivity index (χ4n) is 3.71. The molecule has 2 heterocycles. The lowest BCUT2D eigenvalue weighted by molar-refractivity contribution is -0.133. The molecule has 9 nitrogen and oxygen atoms in total. The van der Waals surface area contributed by atoms with E-state index in [1.54, 1.807) is 43.3 Å². The molecule has 168 valence electrons. The molecule has 2 aromatic rings. The second-order valence-corrected chi connectivity index (χ2v) is 7.91. The van der Waals surface area contributed by atoms with Crippen molar-refractivity contribution in [2.45, 2.75) is 32.2 Å². The summed E-state index contributed by atoms with van der Waals surface area (Å²) in [7, 11) is 0. The average molecular weight is 439 g/mol. The third-order valence-corrected chi connectivity index (χ3v) is 5.26. The van der Waals surface area contributed by atoms with Crippen LogP contribution in [0.15, 0.2) is 42.5 Å². The Bertz CT molecular complexity index is 1060. The van der Waals surface area contributed by atoms with Crippen LogP contribution in [0, 0.1) is 0 Å². The van der Waals surface area contributed by atoms with E-state index in [9.17, 15) is 14.4 Å². The summed E-state index contributed by atoms with van der Waals surface area (Å²) in [5.74, 6) is 0.817. The number of amides is 4. The smallest absolute Gasteiger partial charge is 0.325 e. The van der Waals surface area contributed by atoms with Crippen molar-refractivity contribution in [1.82, 2.24) is 10.2 Å². The molecule has 9 heteroatoms. The highest BCUT2D eigenvalue weighted by atomic mass is 16.7. The lowest BCUT2D eigenvalue weighted by Gasteiger charge is -2.22. The SMILES string of the molecule is CCCOc1ccccc1NC(=O)CN1C(=O)NC(C)(Cc2ccc3c(c2)OCO3)C1=O. The molecule has 0 saturated carbocycles. The molecular formula is C23H25N3O6. The number of imide groups is 1. The third kappa shape index (κ3) is 4.32. The number of rotatable bonds is 8. The maximum Gasteiger partial charge on any atom is 0.325 e. The minimum absolute atomic E-state index is 0.154. The van der Waals surface area contributed by atoms with Gasteiger partial charge in [0.05, 0.1) is 12.3 Å². The van der Waals surface area contributed by atoms with Gasteiger partial charge in [0.15, 0.2) is 11.5 Å². The van der Waals surface area contributed by atoms with Gasteiger partial charge < -0.3 is 24.8 Å². The van der Waals surface area contributed by atoms with E-state index in [2.05, 4.69) is 10.6 Å². The van der Waals surface area contributed by atoms with Crippen LogP contribution in [-0.4, -0.2) is 48.2 Å². The van der Waals surface area contributed by atoms with Crippen LogP contribution in [-0.2, 0) is 16.0 Å². The first-order valence-corrected chi connectivity index (χ1v) is 10.4. The van der Waals surface area contributed by atoms with Gasteiger partial charge >= 0.3 is 6.03 Å². The summed E-state index contributed by atoms with van der Waals surface area (Å²) in [6, 6.07) is 11.8. The maximum atomic E-state index is 13.1. The lowest BCUT2D eigenvalue weighted by atomic mass is 9.92. The number of para-hydroxylation sites is 2. The van der Waals surface area contributed by atoms with Gasteiger partial charge in [0.2, 0.25) is 12.7 Å². The number of urea groups is 1. The summed E-state index contributed by atoms with van der Waals surface area (Å²) in [6.45, 7) is 3.89. The predicted octanol–water partition coefficient (Wildman–Crippen LogP) is 2.70. The number of ether oxygens (including phenoxy) is 3. The van der Waals surface area contributed by atoms with Gasteiger partial charge in [-0.05, 0) is 43.2 Å². The molecule has 2 aliphatic rings. The van der Waals surface area contributed by atoms with Gasteiger partial charge in [-0.15, -0.1) is 0 Å². The number of benzene rings is 2. The molecule has 0 aromatic heterocycles. The standard InChI is InChI=1S/C23H25N3O6/c1-3-10-30-17-7-5-4-6-16(17)24-20(27)13-26-21(28)23(2,25-22(26)29)12-15-8-9-18-19(11-15)32-14-31-18/h4-9,11H,3,10,12-14H2,1-2H3,(H,24,27)(H,25,29). The zero-order valence-electron chi connectivity index (χ0n) is 18.0. The molecule has 0 radical (unpaired) electrons. The van der Waals surface area contributed by atoms with Crippen molar-refractivity contribution in [3.05, 3.63) is 48.0 Å². The molecule has 4 amide bonds. The third-order valence-electron chi connectivity index (χ3n) is 5.26. The largest absolute Gasteiger partial charge is 0.491 e. The first-order chi connectivity index (χ1) is 15.4. The van der Waals surface area contributed by atoms with E-state index in [0.717, 1.165) is 16.9 Å². The molecule has 0 bridgehead atoms. The summed E-state index contributed by atoms with van der Waals surface area (Å²) >= 11 is 0. The fraction of sp³-hybridized carbons (Fsp3) is 0.348. The molecule has 1 atom stereocenters. The van der Waals surface area contributed by atoms with Crippen LogP contribution in [0.5, 0.6) is 17.2 Å². The van der Waals surface area contributed by atoms with E-state index in [1.807, 2.05) is 13.0 Å². The van der Waals surface area contributed by atoms with Crippen LogP contribution in [0.1, 0.15) is 25.8 Å². The second kappa shape index (κ2) is 8.78. The predicted molar refractivity (Wildman–Crippen MR) is 116 cm³/mol. The molecule has 0 spiro atoms. The Kier molecular flexibility index (Phi) is 5.89. The second-order valence-electron chi connectivity index (χ2n) is 7.91. The van der Waals surface area contributed by atoms with Crippen LogP contribution in [0.25, 0.3) is 0 Å². The van der Waals surface area contributed by atoms with Gasteiger partial charge in [-0.2, -0.15) is 0 Å². The average Bonchev–Trinajstić information content (AvgIpc) is 3.31. The van der Waals surface area contributed by atoms with Gasteiger partial charge in [-0.25, -0.2) is 4.79 Å². The van der Waals surface area contributed by atoms with E-state index in [-0.39, 0.29) is 13.2 Å². The van der Waals surface area contributed by atoms with Gasteiger partial charge in [0.1, 0.15) is 17.8 Å². The van der Waals surface area contributed by atoms with E-state index in [1.165, 1.54) is 0 Å². The molecule has 2 aromatic carbocycles. The highest BCUT2D eigenvalue weighted by molar-refractivity contribution is 6.10. The van der Waals surface area contributed by atoms with Gasteiger partial charge in [-0.3, -0.25) is 14.5 Å². The number of nitrogens with one attached hydrogen (secondary N) is 2. The molecule has 1 unspecified atom stereocenters. The zero-order valence-corrected chi connectivity index (χ0v) is 18.0. The quantitative estimate of drug-likeness (QED) is 0.613. The summed E-state index contributed by atoms with van der Waals surface area (Å²) < 4.78 is 16.3. The molecule has 0 aliphatic carbocycles. The van der Waals surface area contributed by atoms with Gasteiger partial charge in [0.25, 0.3) is 5.91 Å². The monoisotopic (exact) mass is 439 g/mol. The minimum atomic E-state index is -1.17. The molecule has 32 heavy (non-hydrogen) atoms. The van der Waals surface area contributed by atoms with Crippen LogP contribution in [0.3, 0.4) is 0 Å². The minimum Gasteiger partial charge on any atom is -0.491 e. The summed E-state index contributed by atoms with van der Waals surface area (Å²) in [6.07, 6.45) is 1.08. The van der Waals surface area contributed by atoms with Crippen LogP contribution >= 0.6 is 0 Å². The molecule has 2 N–H and O–H groups in total. The van der Waals surface area contributed by atoms with Crippen molar-refractivity contribution < 1.29 is 28.6 Å². The maximum absolute atomic E-state index is 13.1. The Morgan fingerprint density at radius 1 is 1.19 bits per heavy atom. The van der Waals surface area contributed by atoms with Crippen molar-refractivity contribution in [3.63, 3.8) is 0 Å². The molecule has 2 aliphatic heterocycles. The number of carbonyl (C=O) groups excluding carboxylic acids is 3. The Morgan fingerprint density at radius 2 is 1.97 bits per heavy atom. The van der Waals surface area contributed by atoms with Crippen molar-refractivity contribution in [3.8, 4) is 17.2 Å². The van der Waals surface area contributed by atoms with E-state index < -0.39 is 29.9 Å². The summed E-state index contributed by atoms with van der Waals surface area (Å²) in [5, 5.41) is 5.44. The number of anilines is 1. The zero-order chi connectivity index (χ0) is 22.7. The van der Waals surface area contributed by atoms with Crippen molar-refractivity contribution >= 4 is 23.5 Å². The van der Waals surface area contributed by atoms with E-state index in [4.69, 9.17) is 14.2 Å². The molecule has 1 saturated heterocycles. The lowest BCUT2D eigenvalue weighted by Crippen LogP contribution is -2.46. The molecule has 4 rings (SSSR count). The van der Waals surface area contributed by atoms with Gasteiger partial charge in [0, 0.05) is 6.42 Å². The number of nitrogens with zero attached hydrogens (tertiary/aromatic N) is 1. The normalized spacial score (nSPS) is 19.1. The number of fused-ring (bicyclic) bond motifs is 1. The Balaban J connectivity index is 1.42. The van der Waals surface area contributed by atoms with Gasteiger partial charge in [-0.1, -0.05) is 25.1 Å². The Labute approximate surface area is 185 Å². The van der Waals surface area contributed by atoms with Crippen molar-refractivity contribution in [2.24, 2.45) is 0 Å². The summed E-state index contributed by atoms with van der Waals surface area (Å²) in [5.41, 5.74) is 0.118.